The molecular weight excluding hydrogens is 220 g/mol. The lowest BCUT2D eigenvalue weighted by Crippen LogP contribution is -2.20. The lowest BCUT2D eigenvalue weighted by molar-refractivity contribution is -0.141. The Balaban J connectivity index is 2.23. The van der Waals surface area contributed by atoms with Crippen molar-refractivity contribution < 1.29 is 14.3 Å². The summed E-state index contributed by atoms with van der Waals surface area (Å²) in [7, 11) is 1.42. The maximum atomic E-state index is 11.0. The van der Waals surface area contributed by atoms with Gasteiger partial charge < -0.3 is 4.74 Å². The van der Waals surface area contributed by atoms with E-state index in [0.29, 0.717) is 12.3 Å². The molecule has 0 aromatic carbocycles. The highest BCUT2D eigenvalue weighted by atomic mass is 16.5. The number of rotatable bonds is 4. The van der Waals surface area contributed by atoms with Crippen LogP contribution in [0.3, 0.4) is 0 Å². The number of esters is 1. The molecule has 1 aliphatic carbocycles. The zero-order chi connectivity index (χ0) is 12.7. The predicted octanol–water partition coefficient (Wildman–Crippen LogP) is 1.62. The molecule has 17 heavy (non-hydrogen) atoms. The van der Waals surface area contributed by atoms with Crippen LogP contribution in [-0.2, 0) is 14.3 Å². The number of methoxy groups -OCH3 is 1. The van der Waals surface area contributed by atoms with Crippen LogP contribution in [0.5, 0.6) is 0 Å². The van der Waals surface area contributed by atoms with Crippen LogP contribution < -0.4 is 5.43 Å². The van der Waals surface area contributed by atoms with E-state index in [1.807, 2.05) is 0 Å². The van der Waals surface area contributed by atoms with Gasteiger partial charge in [-0.2, -0.15) is 5.10 Å². The van der Waals surface area contributed by atoms with Crippen LogP contribution in [0.15, 0.2) is 5.10 Å². The van der Waals surface area contributed by atoms with Crippen molar-refractivity contribution >= 4 is 17.6 Å². The summed E-state index contributed by atoms with van der Waals surface area (Å²) in [6.45, 7) is 1.45. The summed E-state index contributed by atoms with van der Waals surface area (Å²) >= 11 is 0. The first kappa shape index (κ1) is 13.7. The molecule has 96 valence electrons. The Morgan fingerprint density at radius 1 is 1.41 bits per heavy atom. The van der Waals surface area contributed by atoms with E-state index in [-0.39, 0.29) is 11.9 Å². The van der Waals surface area contributed by atoms with E-state index in [1.54, 1.807) is 0 Å². The van der Waals surface area contributed by atoms with E-state index < -0.39 is 0 Å². The van der Waals surface area contributed by atoms with Crippen molar-refractivity contribution in [3.63, 3.8) is 0 Å². The van der Waals surface area contributed by atoms with Crippen LogP contribution in [0.1, 0.15) is 45.4 Å². The maximum Gasteiger partial charge on any atom is 0.305 e. The van der Waals surface area contributed by atoms with Crippen molar-refractivity contribution in [1.29, 1.82) is 0 Å². The van der Waals surface area contributed by atoms with Gasteiger partial charge in [0, 0.05) is 19.1 Å². The van der Waals surface area contributed by atoms with Crippen molar-refractivity contribution in [2.75, 3.05) is 7.11 Å². The number of hydrogen-bond acceptors (Lipinski definition) is 4. The number of hydrazone groups is 1. The van der Waals surface area contributed by atoms with Crippen LogP contribution in [0.4, 0.5) is 0 Å². The van der Waals surface area contributed by atoms with Gasteiger partial charge in [0.15, 0.2) is 0 Å². The van der Waals surface area contributed by atoms with Crippen LogP contribution in [-0.4, -0.2) is 24.7 Å². The lowest BCUT2D eigenvalue weighted by atomic mass is 9.85. The molecule has 1 N–H and O–H groups in total. The van der Waals surface area contributed by atoms with E-state index >= 15 is 0 Å². The van der Waals surface area contributed by atoms with Gasteiger partial charge in [0.05, 0.1) is 7.11 Å². The molecule has 0 spiro atoms. The zero-order valence-corrected chi connectivity index (χ0v) is 10.5. The summed E-state index contributed by atoms with van der Waals surface area (Å²) in [6, 6.07) is 0. The minimum atomic E-state index is -0.136. The van der Waals surface area contributed by atoms with Gasteiger partial charge >= 0.3 is 5.97 Å². The number of hydrogen-bond donors (Lipinski definition) is 1. The average molecular weight is 240 g/mol. The second-order valence-corrected chi connectivity index (χ2v) is 4.40. The standard InChI is InChI=1S/C12H20N2O3/c1-9(15)13-14-11-6-3-10(4-7-11)5-8-12(16)17-2/h10H,3-8H2,1-2H3,(H,13,15). The lowest BCUT2D eigenvalue weighted by Gasteiger charge is -2.22. The topological polar surface area (TPSA) is 67.8 Å². The third-order valence-electron chi connectivity index (χ3n) is 3.04. The average Bonchev–Trinajstić information content (AvgIpc) is 2.34. The molecule has 1 amide bonds. The molecule has 0 saturated heterocycles. The first-order valence-electron chi connectivity index (χ1n) is 6.00. The largest absolute Gasteiger partial charge is 0.469 e. The normalized spacial score (nSPS) is 19.6. The summed E-state index contributed by atoms with van der Waals surface area (Å²) < 4.78 is 4.62. The number of nitrogens with zero attached hydrogens (tertiary/aromatic N) is 1. The van der Waals surface area contributed by atoms with Gasteiger partial charge in [0.2, 0.25) is 5.91 Å². The van der Waals surface area contributed by atoms with Crippen molar-refractivity contribution in [1.82, 2.24) is 5.43 Å². The summed E-state index contributed by atoms with van der Waals surface area (Å²) in [4.78, 5) is 21.7. The minimum Gasteiger partial charge on any atom is -0.469 e. The Morgan fingerprint density at radius 3 is 2.59 bits per heavy atom. The quantitative estimate of drug-likeness (QED) is 0.599. The number of nitrogens with one attached hydrogen (secondary N) is 1. The molecule has 0 heterocycles. The van der Waals surface area contributed by atoms with E-state index in [1.165, 1.54) is 14.0 Å². The van der Waals surface area contributed by atoms with Gasteiger partial charge in [0.1, 0.15) is 0 Å². The highest BCUT2D eigenvalue weighted by Gasteiger charge is 2.18. The Bertz CT molecular complexity index is 303. The Labute approximate surface area is 102 Å². The van der Waals surface area contributed by atoms with Gasteiger partial charge in [-0.25, -0.2) is 5.43 Å². The molecule has 0 atom stereocenters. The predicted molar refractivity (Wildman–Crippen MR) is 64.5 cm³/mol. The highest BCUT2D eigenvalue weighted by molar-refractivity contribution is 5.86. The van der Waals surface area contributed by atoms with Crippen LogP contribution in [0, 0.1) is 5.92 Å². The van der Waals surface area contributed by atoms with Gasteiger partial charge in [-0.05, 0) is 38.0 Å². The van der Waals surface area contributed by atoms with Crippen LogP contribution in [0.2, 0.25) is 0 Å². The molecule has 5 heteroatoms. The zero-order valence-electron chi connectivity index (χ0n) is 10.5. The number of amides is 1. The number of ether oxygens (including phenoxy) is 1. The van der Waals surface area contributed by atoms with Crippen molar-refractivity contribution in [3.05, 3.63) is 0 Å². The summed E-state index contributed by atoms with van der Waals surface area (Å²) in [5, 5.41) is 4.05. The van der Waals surface area contributed by atoms with Crippen LogP contribution in [0.25, 0.3) is 0 Å². The summed E-state index contributed by atoms with van der Waals surface area (Å²) in [5.74, 6) is 0.304. The monoisotopic (exact) mass is 240 g/mol. The first-order chi connectivity index (χ1) is 8.11. The summed E-state index contributed by atoms with van der Waals surface area (Å²) in [5.41, 5.74) is 3.51. The molecule has 0 aromatic heterocycles. The fraction of sp³-hybridized carbons (Fsp3) is 0.750. The third kappa shape index (κ3) is 5.47. The maximum absolute atomic E-state index is 11.0. The van der Waals surface area contributed by atoms with Gasteiger partial charge in [-0.1, -0.05) is 0 Å². The van der Waals surface area contributed by atoms with E-state index in [2.05, 4.69) is 15.3 Å². The highest BCUT2D eigenvalue weighted by Crippen LogP contribution is 2.26. The van der Waals surface area contributed by atoms with Crippen molar-refractivity contribution in [3.8, 4) is 0 Å². The Kier molecular flexibility index (Phi) is 5.66. The fourth-order valence-electron chi connectivity index (χ4n) is 1.99. The van der Waals surface area contributed by atoms with E-state index in [0.717, 1.165) is 37.8 Å². The van der Waals surface area contributed by atoms with E-state index in [4.69, 9.17) is 0 Å². The molecule has 1 rings (SSSR count). The molecule has 1 fully saturated rings. The molecule has 0 aromatic rings. The van der Waals surface area contributed by atoms with Gasteiger partial charge in [-0.3, -0.25) is 9.59 Å². The number of carbonyl (C=O) groups is 2. The molecule has 1 saturated carbocycles. The van der Waals surface area contributed by atoms with Gasteiger partial charge in [-0.15, -0.1) is 0 Å². The molecule has 0 unspecified atom stereocenters. The SMILES string of the molecule is COC(=O)CCC1CCC(=NNC(C)=O)CC1. The first-order valence-corrected chi connectivity index (χ1v) is 6.00. The Morgan fingerprint density at radius 2 is 2.06 bits per heavy atom. The molecule has 5 nitrogen and oxygen atoms in total. The van der Waals surface area contributed by atoms with Crippen LogP contribution >= 0.6 is 0 Å². The van der Waals surface area contributed by atoms with E-state index in [9.17, 15) is 9.59 Å². The second-order valence-electron chi connectivity index (χ2n) is 4.40. The van der Waals surface area contributed by atoms with Crippen molar-refractivity contribution in [2.45, 2.75) is 45.4 Å². The fourth-order valence-corrected chi connectivity index (χ4v) is 1.99. The molecular formula is C12H20N2O3. The molecule has 0 aliphatic heterocycles. The van der Waals surface area contributed by atoms with Gasteiger partial charge in [0.25, 0.3) is 0 Å². The molecule has 1 aliphatic rings. The number of carbonyl (C=O) groups excluding carboxylic acids is 2. The molecule has 0 radical (unpaired) electrons. The summed E-state index contributed by atoms with van der Waals surface area (Å²) in [6.07, 6.45) is 5.28. The minimum absolute atomic E-state index is 0.134. The molecule has 0 bridgehead atoms. The van der Waals surface area contributed by atoms with Crippen molar-refractivity contribution in [2.24, 2.45) is 11.0 Å². The second kappa shape index (κ2) is 7.04. The Hall–Kier alpha value is -1.39. The smallest absolute Gasteiger partial charge is 0.305 e. The third-order valence-corrected chi connectivity index (χ3v) is 3.04.